The second-order valence-electron chi connectivity index (χ2n) is 5.79. The van der Waals surface area contributed by atoms with Crippen LogP contribution in [0.15, 0.2) is 41.0 Å². The molecule has 0 atom stereocenters. The zero-order valence-electron chi connectivity index (χ0n) is 14.8. The van der Waals surface area contributed by atoms with Crippen molar-refractivity contribution in [3.8, 4) is 0 Å². The van der Waals surface area contributed by atoms with Gasteiger partial charge in [-0.1, -0.05) is 29.3 Å². The van der Waals surface area contributed by atoms with Crippen molar-refractivity contribution in [2.45, 2.75) is 26.7 Å². The average Bonchev–Trinajstić information content (AvgIpc) is 2.63. The Kier molecular flexibility index (Phi) is 7.15. The number of halogens is 1. The predicted molar refractivity (Wildman–Crippen MR) is 106 cm³/mol. The highest BCUT2D eigenvalue weighted by atomic mass is 79.9. The van der Waals surface area contributed by atoms with Crippen molar-refractivity contribution < 1.29 is 14.7 Å². The molecule has 0 aliphatic heterocycles. The molecule has 0 saturated heterocycles. The largest absolute Gasteiger partial charge is 0.478 e. The van der Waals surface area contributed by atoms with Gasteiger partial charge in [-0.3, -0.25) is 4.79 Å². The lowest BCUT2D eigenvalue weighted by Crippen LogP contribution is -2.27. The van der Waals surface area contributed by atoms with E-state index in [4.69, 9.17) is 0 Å². The molecule has 7 heteroatoms. The van der Waals surface area contributed by atoms with Gasteiger partial charge < -0.3 is 15.3 Å². The highest BCUT2D eigenvalue weighted by Crippen LogP contribution is 2.22. The number of aromatic nitrogens is 1. The molecule has 1 aromatic heterocycles. The number of carbonyl (C=O) groups is 2. The Morgan fingerprint density at radius 1 is 1.23 bits per heavy atom. The van der Waals surface area contributed by atoms with E-state index in [9.17, 15) is 14.7 Å². The summed E-state index contributed by atoms with van der Waals surface area (Å²) in [4.78, 5) is 30.2. The molecule has 0 saturated carbocycles. The number of nitrogens with zero attached hydrogens (tertiary/aromatic N) is 2. The summed E-state index contributed by atoms with van der Waals surface area (Å²) in [6.45, 7) is 5.45. The number of carbonyl (C=O) groups excluding carboxylic acids is 1. The van der Waals surface area contributed by atoms with E-state index in [0.29, 0.717) is 23.6 Å². The molecule has 1 aromatic carbocycles. The van der Waals surface area contributed by atoms with E-state index in [1.807, 2.05) is 11.8 Å². The number of hydrogen-bond donors (Lipinski definition) is 2. The van der Waals surface area contributed by atoms with Gasteiger partial charge >= 0.3 is 5.97 Å². The number of nitrogens with one attached hydrogen (secondary N) is 1. The molecule has 0 radical (unpaired) electrons. The van der Waals surface area contributed by atoms with Crippen LogP contribution in [0, 0.1) is 0 Å². The van der Waals surface area contributed by atoms with Gasteiger partial charge in [0.25, 0.3) is 5.91 Å². The number of carboxylic acid groups (broad SMARTS) is 1. The Balaban J connectivity index is 2.25. The fourth-order valence-corrected chi connectivity index (χ4v) is 2.77. The summed E-state index contributed by atoms with van der Waals surface area (Å²) in [6, 6.07) is 8.36. The number of hydrogen-bond acceptors (Lipinski definition) is 4. The summed E-state index contributed by atoms with van der Waals surface area (Å²) in [5, 5.41) is 12.3. The molecular formula is C19H22BrN3O3. The second kappa shape index (κ2) is 9.33. The van der Waals surface area contributed by atoms with E-state index in [1.165, 1.54) is 12.3 Å². The van der Waals surface area contributed by atoms with Crippen LogP contribution in [0.5, 0.6) is 0 Å². The van der Waals surface area contributed by atoms with E-state index in [1.54, 1.807) is 24.3 Å². The number of amides is 1. The first-order chi connectivity index (χ1) is 12.5. The molecule has 1 heterocycles. The van der Waals surface area contributed by atoms with E-state index in [2.05, 4.69) is 33.2 Å². The molecule has 0 spiro atoms. The third-order valence-electron chi connectivity index (χ3n) is 3.92. The van der Waals surface area contributed by atoms with Gasteiger partial charge in [-0.05, 0) is 43.7 Å². The highest BCUT2D eigenvalue weighted by molar-refractivity contribution is 9.10. The first-order valence-electron chi connectivity index (χ1n) is 8.51. The van der Waals surface area contributed by atoms with Gasteiger partial charge in [0, 0.05) is 23.1 Å². The molecule has 2 N–H and O–H groups in total. The minimum Gasteiger partial charge on any atom is -0.478 e. The van der Waals surface area contributed by atoms with E-state index < -0.39 is 5.97 Å². The topological polar surface area (TPSA) is 82.5 Å². The van der Waals surface area contributed by atoms with Gasteiger partial charge in [0.15, 0.2) is 0 Å². The fourth-order valence-electron chi connectivity index (χ4n) is 2.50. The van der Waals surface area contributed by atoms with Crippen LogP contribution in [0.2, 0.25) is 0 Å². The molecule has 0 aliphatic carbocycles. The summed E-state index contributed by atoms with van der Waals surface area (Å²) < 4.78 is 0.875. The van der Waals surface area contributed by atoms with Crippen LogP contribution >= 0.6 is 15.9 Å². The van der Waals surface area contributed by atoms with Crippen molar-refractivity contribution in [2.24, 2.45) is 0 Å². The van der Waals surface area contributed by atoms with Crippen LogP contribution in [0.1, 0.15) is 47.4 Å². The first kappa shape index (κ1) is 19.9. The zero-order chi connectivity index (χ0) is 19.1. The van der Waals surface area contributed by atoms with E-state index >= 15 is 0 Å². The summed E-state index contributed by atoms with van der Waals surface area (Å²) in [5.41, 5.74) is 0.912. The van der Waals surface area contributed by atoms with Crippen molar-refractivity contribution in [1.82, 2.24) is 4.98 Å². The fraction of sp³-hybridized carbons (Fsp3) is 0.316. The third kappa shape index (κ3) is 5.05. The maximum absolute atomic E-state index is 12.3. The third-order valence-corrected chi connectivity index (χ3v) is 4.45. The molecule has 0 unspecified atom stereocenters. The Morgan fingerprint density at radius 3 is 2.50 bits per heavy atom. The van der Waals surface area contributed by atoms with E-state index in [0.717, 1.165) is 23.9 Å². The van der Waals surface area contributed by atoms with Crippen molar-refractivity contribution >= 4 is 39.3 Å². The lowest BCUT2D eigenvalue weighted by Gasteiger charge is -2.23. The molecule has 26 heavy (non-hydrogen) atoms. The molecule has 0 aliphatic rings. The van der Waals surface area contributed by atoms with Gasteiger partial charge in [0.1, 0.15) is 11.4 Å². The summed E-state index contributed by atoms with van der Waals surface area (Å²) in [7, 11) is 0. The van der Waals surface area contributed by atoms with Gasteiger partial charge in [0.2, 0.25) is 0 Å². The van der Waals surface area contributed by atoms with Crippen LogP contribution in [0.4, 0.5) is 11.5 Å². The number of aromatic carboxylic acids is 1. The molecule has 0 fully saturated rings. The van der Waals surface area contributed by atoms with Crippen LogP contribution in [0.3, 0.4) is 0 Å². The SMILES string of the molecule is CCCCN(CC)c1ncc(NC(=O)c2ccc(Br)cc2)cc1C(=O)O. The normalized spacial score (nSPS) is 10.4. The quantitative estimate of drug-likeness (QED) is 0.661. The number of carboxylic acids is 1. The summed E-state index contributed by atoms with van der Waals surface area (Å²) in [6.07, 6.45) is 3.46. The van der Waals surface area contributed by atoms with Crippen LogP contribution in [-0.4, -0.2) is 35.1 Å². The Bertz CT molecular complexity index is 778. The number of pyridine rings is 1. The van der Waals surface area contributed by atoms with Crippen LogP contribution < -0.4 is 10.2 Å². The molecule has 2 aromatic rings. The summed E-state index contributed by atoms with van der Waals surface area (Å²) >= 11 is 3.32. The minimum absolute atomic E-state index is 0.0801. The molecular weight excluding hydrogens is 398 g/mol. The van der Waals surface area contributed by atoms with Gasteiger partial charge in [-0.25, -0.2) is 9.78 Å². The van der Waals surface area contributed by atoms with Crippen molar-refractivity contribution in [2.75, 3.05) is 23.3 Å². The van der Waals surface area contributed by atoms with E-state index in [-0.39, 0.29) is 11.5 Å². The smallest absolute Gasteiger partial charge is 0.339 e. The minimum atomic E-state index is -1.07. The first-order valence-corrected chi connectivity index (χ1v) is 9.30. The number of unbranched alkanes of at least 4 members (excludes halogenated alkanes) is 1. The Hall–Kier alpha value is -2.41. The van der Waals surface area contributed by atoms with Crippen LogP contribution in [-0.2, 0) is 0 Å². The highest BCUT2D eigenvalue weighted by Gasteiger charge is 2.18. The standard InChI is InChI=1S/C19H22BrN3O3/c1-3-5-10-23(4-2)17-16(19(25)26)11-15(12-21-17)22-18(24)13-6-8-14(20)9-7-13/h6-9,11-12H,3-5,10H2,1-2H3,(H,22,24)(H,25,26). The molecule has 1 amide bonds. The van der Waals surface area contributed by atoms with Gasteiger partial charge in [0.05, 0.1) is 11.9 Å². The van der Waals surface area contributed by atoms with Crippen LogP contribution in [0.25, 0.3) is 0 Å². The summed E-state index contributed by atoms with van der Waals surface area (Å²) in [5.74, 6) is -0.959. The lowest BCUT2D eigenvalue weighted by molar-refractivity contribution is 0.0696. The Labute approximate surface area is 161 Å². The maximum atomic E-state index is 12.3. The Morgan fingerprint density at radius 2 is 1.92 bits per heavy atom. The monoisotopic (exact) mass is 419 g/mol. The lowest BCUT2D eigenvalue weighted by atomic mass is 10.2. The van der Waals surface area contributed by atoms with Crippen molar-refractivity contribution in [1.29, 1.82) is 0 Å². The van der Waals surface area contributed by atoms with Crippen molar-refractivity contribution in [3.63, 3.8) is 0 Å². The van der Waals surface area contributed by atoms with Gasteiger partial charge in [-0.15, -0.1) is 0 Å². The molecule has 138 valence electrons. The number of benzene rings is 1. The molecule has 6 nitrogen and oxygen atoms in total. The maximum Gasteiger partial charge on any atom is 0.339 e. The average molecular weight is 420 g/mol. The van der Waals surface area contributed by atoms with Gasteiger partial charge in [-0.2, -0.15) is 0 Å². The number of rotatable bonds is 8. The number of anilines is 2. The zero-order valence-corrected chi connectivity index (χ0v) is 16.4. The molecule has 0 bridgehead atoms. The molecule has 2 rings (SSSR count). The second-order valence-corrected chi connectivity index (χ2v) is 6.71. The van der Waals surface area contributed by atoms with Crippen molar-refractivity contribution in [3.05, 3.63) is 52.1 Å². The predicted octanol–water partition coefficient (Wildman–Crippen LogP) is 4.42.